The monoisotopic (exact) mass is 364 g/mol. The summed E-state index contributed by atoms with van der Waals surface area (Å²) in [7, 11) is 3.48. The molecule has 0 aliphatic rings. The summed E-state index contributed by atoms with van der Waals surface area (Å²) in [5.74, 6) is -0.709. The highest BCUT2D eigenvalue weighted by molar-refractivity contribution is 5.99. The number of rotatable bonds is 4. The van der Waals surface area contributed by atoms with E-state index < -0.39 is 11.5 Å². The van der Waals surface area contributed by atoms with Crippen molar-refractivity contribution in [2.24, 2.45) is 4.99 Å². The molecule has 0 aliphatic carbocycles. The number of fused-ring (bicyclic) bond motifs is 1. The molecule has 2 heterocycles. The van der Waals surface area contributed by atoms with Gasteiger partial charge in [-0.05, 0) is 18.6 Å². The number of carbonyl (C=O) groups excluding carboxylic acids is 2. The van der Waals surface area contributed by atoms with Gasteiger partial charge >= 0.3 is 0 Å². The van der Waals surface area contributed by atoms with Crippen LogP contribution in [0.1, 0.15) is 26.4 Å². The van der Waals surface area contributed by atoms with Gasteiger partial charge in [0.1, 0.15) is 5.69 Å². The van der Waals surface area contributed by atoms with Crippen molar-refractivity contribution in [1.82, 2.24) is 24.4 Å². The van der Waals surface area contributed by atoms with Crippen LogP contribution in [0.3, 0.4) is 0 Å². The summed E-state index contributed by atoms with van der Waals surface area (Å²) in [5, 5.41) is 0. The number of aliphatic imine (C=N–C) groups is 1. The molecule has 0 spiro atoms. The molecule has 136 valence electrons. The minimum Gasteiger partial charge on any atom is -0.369 e. The number of aryl methyl sites for hydroxylation is 1. The number of carbonyl (C=O) groups is 2. The molecule has 0 amide bonds. The second-order valence-electron chi connectivity index (χ2n) is 5.97. The third-order valence-electron chi connectivity index (χ3n) is 3.69. The molecule has 3 aromatic rings. The lowest BCUT2D eigenvalue weighted by molar-refractivity contribution is 0.0956. The van der Waals surface area contributed by atoms with Crippen molar-refractivity contribution in [3.8, 4) is 0 Å². The zero-order chi connectivity index (χ0) is 19.6. The summed E-state index contributed by atoms with van der Waals surface area (Å²) >= 11 is 0. The van der Waals surface area contributed by atoms with Gasteiger partial charge < -0.3 is 4.90 Å². The van der Waals surface area contributed by atoms with Crippen molar-refractivity contribution in [2.75, 3.05) is 14.1 Å². The van der Waals surface area contributed by atoms with Crippen molar-refractivity contribution in [1.29, 1.82) is 0 Å². The van der Waals surface area contributed by atoms with E-state index in [1.54, 1.807) is 50.2 Å². The van der Waals surface area contributed by atoms with Crippen LogP contribution in [0.2, 0.25) is 0 Å². The maximum atomic E-state index is 13.1. The second-order valence-corrected chi connectivity index (χ2v) is 5.97. The molecular formula is C18H16N6O3. The first-order valence-corrected chi connectivity index (χ1v) is 7.98. The quantitative estimate of drug-likeness (QED) is 0.389. The van der Waals surface area contributed by atoms with Gasteiger partial charge in [-0.15, -0.1) is 0 Å². The Morgan fingerprint density at radius 2 is 1.96 bits per heavy atom. The Bertz CT molecular complexity index is 1130. The Kier molecular flexibility index (Phi) is 4.84. The molecule has 0 aliphatic heterocycles. The highest BCUT2D eigenvalue weighted by Crippen LogP contribution is 2.15. The maximum Gasteiger partial charge on any atom is 0.290 e. The van der Waals surface area contributed by atoms with Gasteiger partial charge in [0.2, 0.25) is 5.95 Å². The van der Waals surface area contributed by atoms with Crippen LogP contribution in [0.25, 0.3) is 11.2 Å². The summed E-state index contributed by atoms with van der Waals surface area (Å²) in [6.07, 6.45) is 3.09. The average Bonchev–Trinajstić information content (AvgIpc) is 2.66. The largest absolute Gasteiger partial charge is 0.369 e. The van der Waals surface area contributed by atoms with E-state index >= 15 is 0 Å². The summed E-state index contributed by atoms with van der Waals surface area (Å²) < 4.78 is 0.841. The van der Waals surface area contributed by atoms with Gasteiger partial charge in [-0.2, -0.15) is 4.98 Å². The summed E-state index contributed by atoms with van der Waals surface area (Å²) in [6.45, 7) is 1.76. The third-order valence-corrected chi connectivity index (χ3v) is 3.69. The van der Waals surface area contributed by atoms with Gasteiger partial charge in [0.15, 0.2) is 17.5 Å². The minimum atomic E-state index is -0.740. The van der Waals surface area contributed by atoms with Crippen LogP contribution in [0.4, 0.5) is 5.95 Å². The molecule has 2 aromatic heterocycles. The molecule has 0 bridgehead atoms. The van der Waals surface area contributed by atoms with Gasteiger partial charge in [-0.1, -0.05) is 18.2 Å². The lowest BCUT2D eigenvalue weighted by atomic mass is 10.1. The van der Waals surface area contributed by atoms with Crippen LogP contribution < -0.4 is 5.56 Å². The predicted molar refractivity (Wildman–Crippen MR) is 99.7 cm³/mol. The van der Waals surface area contributed by atoms with E-state index in [4.69, 9.17) is 0 Å². The number of hydrogen-bond donors (Lipinski definition) is 0. The highest BCUT2D eigenvalue weighted by atomic mass is 16.2. The fourth-order valence-corrected chi connectivity index (χ4v) is 2.39. The van der Waals surface area contributed by atoms with E-state index in [2.05, 4.69) is 19.9 Å². The first kappa shape index (κ1) is 18.1. The molecule has 0 unspecified atom stereocenters. The van der Waals surface area contributed by atoms with Gasteiger partial charge in [0.05, 0.1) is 12.5 Å². The predicted octanol–water partition coefficient (Wildman–Crippen LogP) is 1.22. The fourth-order valence-electron chi connectivity index (χ4n) is 2.39. The van der Waals surface area contributed by atoms with E-state index in [0.717, 1.165) is 4.57 Å². The van der Waals surface area contributed by atoms with Crippen molar-refractivity contribution in [2.45, 2.75) is 6.92 Å². The van der Waals surface area contributed by atoms with Crippen LogP contribution in [-0.2, 0) is 0 Å². The molecule has 0 atom stereocenters. The summed E-state index contributed by atoms with van der Waals surface area (Å²) in [5.41, 5.74) is 0.0955. The van der Waals surface area contributed by atoms with E-state index in [1.807, 2.05) is 0 Å². The zero-order valence-corrected chi connectivity index (χ0v) is 14.9. The van der Waals surface area contributed by atoms with Crippen molar-refractivity contribution in [3.05, 3.63) is 57.6 Å². The summed E-state index contributed by atoms with van der Waals surface area (Å²) in [6, 6.07) is 6.87. The fraction of sp³-hybridized carbons (Fsp3) is 0.167. The number of aldehydes is 1. The SMILES string of the molecule is Cc1ccccc1C(=O)n1c(N=CN(C)C)nc2ncc(C=O)nc2c1=O. The van der Waals surface area contributed by atoms with E-state index in [9.17, 15) is 14.4 Å². The molecule has 1 aromatic carbocycles. The zero-order valence-electron chi connectivity index (χ0n) is 14.9. The van der Waals surface area contributed by atoms with Crippen LogP contribution in [0.5, 0.6) is 0 Å². The number of hydrogen-bond acceptors (Lipinski definition) is 7. The first-order chi connectivity index (χ1) is 12.9. The Hall–Kier alpha value is -3.75. The minimum absolute atomic E-state index is 0.00494. The molecule has 0 saturated carbocycles. The Balaban J connectivity index is 2.33. The average molecular weight is 364 g/mol. The Morgan fingerprint density at radius 3 is 2.63 bits per heavy atom. The van der Waals surface area contributed by atoms with Crippen molar-refractivity contribution < 1.29 is 9.59 Å². The third kappa shape index (κ3) is 3.47. The number of benzene rings is 1. The van der Waals surface area contributed by atoms with Crippen LogP contribution in [0, 0.1) is 6.92 Å². The summed E-state index contributed by atoms with van der Waals surface area (Å²) in [4.78, 5) is 54.9. The second kappa shape index (κ2) is 7.24. The van der Waals surface area contributed by atoms with Crippen LogP contribution in [0.15, 0.2) is 40.2 Å². The standard InChI is InChI=1S/C18H16N6O3/c1-11-6-4-5-7-13(11)16(26)24-17(27)14-15(19-8-12(9-25)21-14)22-18(24)20-10-23(2)3/h4-10H,1-3H3. The first-order valence-electron chi connectivity index (χ1n) is 7.98. The highest BCUT2D eigenvalue weighted by Gasteiger charge is 2.21. The molecule has 3 rings (SSSR count). The maximum absolute atomic E-state index is 13.1. The molecule has 9 heteroatoms. The Morgan fingerprint density at radius 1 is 1.22 bits per heavy atom. The molecule has 0 N–H and O–H groups in total. The lowest BCUT2D eigenvalue weighted by Gasteiger charge is -2.11. The van der Waals surface area contributed by atoms with Gasteiger partial charge in [-0.3, -0.25) is 14.4 Å². The van der Waals surface area contributed by atoms with E-state index in [1.165, 1.54) is 12.5 Å². The van der Waals surface area contributed by atoms with Gasteiger partial charge in [0.25, 0.3) is 11.5 Å². The van der Waals surface area contributed by atoms with Crippen molar-refractivity contribution in [3.63, 3.8) is 0 Å². The van der Waals surface area contributed by atoms with Gasteiger partial charge in [0, 0.05) is 19.7 Å². The molecule has 9 nitrogen and oxygen atoms in total. The number of nitrogens with zero attached hydrogens (tertiary/aromatic N) is 6. The van der Waals surface area contributed by atoms with Crippen molar-refractivity contribution >= 4 is 35.6 Å². The van der Waals surface area contributed by atoms with E-state index in [-0.39, 0.29) is 22.8 Å². The molecule has 0 radical (unpaired) electrons. The molecular weight excluding hydrogens is 348 g/mol. The smallest absolute Gasteiger partial charge is 0.290 e. The number of aromatic nitrogens is 4. The van der Waals surface area contributed by atoms with Gasteiger partial charge in [-0.25, -0.2) is 19.5 Å². The van der Waals surface area contributed by atoms with E-state index in [0.29, 0.717) is 17.4 Å². The Labute approximate surface area is 154 Å². The lowest BCUT2D eigenvalue weighted by Crippen LogP contribution is -2.30. The van der Waals surface area contributed by atoms with Crippen LogP contribution >= 0.6 is 0 Å². The van der Waals surface area contributed by atoms with Crippen LogP contribution in [-0.4, -0.2) is 57.0 Å². The topological polar surface area (TPSA) is 110 Å². The molecule has 27 heavy (non-hydrogen) atoms. The normalized spacial score (nSPS) is 11.1. The molecule has 0 saturated heterocycles. The molecule has 0 fully saturated rings.